The smallest absolute Gasteiger partial charge is 0.257 e. The normalized spacial score (nSPS) is 14.0. The minimum Gasteiger partial charge on any atom is -0.368 e. The summed E-state index contributed by atoms with van der Waals surface area (Å²) in [5, 5.41) is 4.33. The van der Waals surface area contributed by atoms with Crippen molar-refractivity contribution in [2.24, 2.45) is 5.73 Å². The number of aromatic nitrogens is 2. The van der Waals surface area contributed by atoms with Gasteiger partial charge in [-0.25, -0.2) is 13.5 Å². The molecule has 32 heavy (non-hydrogen) atoms. The average molecular weight is 439 g/mol. The number of carbonyl (C=O) groups is 2. The number of halogens is 2. The van der Waals surface area contributed by atoms with E-state index in [0.717, 1.165) is 17.8 Å². The molecule has 1 fully saturated rings. The summed E-state index contributed by atoms with van der Waals surface area (Å²) in [5.74, 6) is -2.06. The van der Waals surface area contributed by atoms with Gasteiger partial charge < -0.3 is 15.5 Å². The summed E-state index contributed by atoms with van der Waals surface area (Å²) >= 11 is 0. The number of primary amides is 1. The van der Waals surface area contributed by atoms with Crippen molar-refractivity contribution in [2.45, 2.75) is 13.8 Å². The quantitative estimate of drug-likeness (QED) is 0.678. The van der Waals surface area contributed by atoms with E-state index in [1.807, 2.05) is 12.1 Å². The zero-order chi connectivity index (χ0) is 23.0. The second-order valence-electron chi connectivity index (χ2n) is 7.74. The standard InChI is InChI=1S/C23H23F2N5O2/c1-14-21(15(2)30(27-14)20-8-5-17(24)13-19(20)25)23(32)29-11-9-28(10-12-29)18-6-3-16(4-7-18)22(26)31/h3-8,13H,9-12H2,1-2H3,(H2,26,31). The monoisotopic (exact) mass is 439 g/mol. The molecule has 2 heterocycles. The Morgan fingerprint density at radius 1 is 0.969 bits per heavy atom. The second kappa shape index (κ2) is 8.41. The van der Waals surface area contributed by atoms with Crippen LogP contribution in [0.4, 0.5) is 14.5 Å². The van der Waals surface area contributed by atoms with Crippen LogP contribution in [-0.2, 0) is 0 Å². The van der Waals surface area contributed by atoms with Crippen molar-refractivity contribution < 1.29 is 18.4 Å². The summed E-state index contributed by atoms with van der Waals surface area (Å²) in [6.07, 6.45) is 0. The number of anilines is 1. The highest BCUT2D eigenvalue weighted by Gasteiger charge is 2.28. The van der Waals surface area contributed by atoms with Gasteiger partial charge in [0.25, 0.3) is 5.91 Å². The molecule has 2 amide bonds. The highest BCUT2D eigenvalue weighted by molar-refractivity contribution is 5.97. The third-order valence-electron chi connectivity index (χ3n) is 5.73. The highest BCUT2D eigenvalue weighted by atomic mass is 19.1. The van der Waals surface area contributed by atoms with Crippen LogP contribution in [0.3, 0.4) is 0 Å². The van der Waals surface area contributed by atoms with Gasteiger partial charge in [0.15, 0.2) is 5.82 Å². The molecular weight excluding hydrogens is 416 g/mol. The molecule has 0 atom stereocenters. The van der Waals surface area contributed by atoms with Crippen molar-refractivity contribution in [3.63, 3.8) is 0 Å². The Bertz CT molecular complexity index is 1180. The summed E-state index contributed by atoms with van der Waals surface area (Å²) in [7, 11) is 0. The van der Waals surface area contributed by atoms with E-state index in [0.29, 0.717) is 48.7 Å². The molecule has 0 bridgehead atoms. The molecule has 166 valence electrons. The number of nitrogens with two attached hydrogens (primary N) is 1. The fourth-order valence-electron chi connectivity index (χ4n) is 4.00. The molecule has 1 aliphatic rings. The van der Waals surface area contributed by atoms with E-state index in [4.69, 9.17) is 5.73 Å². The molecule has 0 aliphatic carbocycles. The van der Waals surface area contributed by atoms with E-state index >= 15 is 0 Å². The molecule has 2 N–H and O–H groups in total. The van der Waals surface area contributed by atoms with Gasteiger partial charge in [-0.3, -0.25) is 9.59 Å². The Balaban J connectivity index is 1.50. The van der Waals surface area contributed by atoms with Gasteiger partial charge in [-0.05, 0) is 50.2 Å². The number of benzene rings is 2. The SMILES string of the molecule is Cc1nn(-c2ccc(F)cc2F)c(C)c1C(=O)N1CCN(c2ccc(C(N)=O)cc2)CC1. The lowest BCUT2D eigenvalue weighted by molar-refractivity contribution is 0.0745. The van der Waals surface area contributed by atoms with Crippen molar-refractivity contribution >= 4 is 17.5 Å². The second-order valence-corrected chi connectivity index (χ2v) is 7.74. The van der Waals surface area contributed by atoms with Crippen molar-refractivity contribution in [1.29, 1.82) is 0 Å². The van der Waals surface area contributed by atoms with E-state index in [9.17, 15) is 18.4 Å². The molecule has 0 spiro atoms. The first-order chi connectivity index (χ1) is 15.3. The van der Waals surface area contributed by atoms with Crippen molar-refractivity contribution in [2.75, 3.05) is 31.1 Å². The van der Waals surface area contributed by atoms with Crippen LogP contribution in [0.5, 0.6) is 0 Å². The summed E-state index contributed by atoms with van der Waals surface area (Å²) in [5.41, 5.74) is 8.19. The number of nitrogens with zero attached hydrogens (tertiary/aromatic N) is 4. The molecule has 1 aromatic heterocycles. The van der Waals surface area contributed by atoms with Crippen LogP contribution in [-0.4, -0.2) is 52.7 Å². The maximum Gasteiger partial charge on any atom is 0.257 e. The van der Waals surface area contributed by atoms with Gasteiger partial charge in [-0.1, -0.05) is 0 Å². The fraction of sp³-hybridized carbons (Fsp3) is 0.261. The Kier molecular flexibility index (Phi) is 5.65. The van der Waals surface area contributed by atoms with Gasteiger partial charge in [-0.15, -0.1) is 0 Å². The molecular formula is C23H23F2N5O2. The number of aryl methyl sites for hydroxylation is 1. The maximum atomic E-state index is 14.3. The molecule has 1 aliphatic heterocycles. The van der Waals surface area contributed by atoms with Crippen LogP contribution in [0.25, 0.3) is 5.69 Å². The van der Waals surface area contributed by atoms with E-state index < -0.39 is 17.5 Å². The number of amides is 2. The molecule has 0 radical (unpaired) electrons. The van der Waals surface area contributed by atoms with Crippen LogP contribution >= 0.6 is 0 Å². The van der Waals surface area contributed by atoms with Gasteiger partial charge in [0, 0.05) is 43.5 Å². The lowest BCUT2D eigenvalue weighted by Crippen LogP contribution is -2.49. The summed E-state index contributed by atoms with van der Waals surface area (Å²) in [6.45, 7) is 5.67. The van der Waals surface area contributed by atoms with Gasteiger partial charge >= 0.3 is 0 Å². The van der Waals surface area contributed by atoms with Crippen LogP contribution in [0.1, 0.15) is 32.1 Å². The summed E-state index contributed by atoms with van der Waals surface area (Å²) < 4.78 is 28.9. The lowest BCUT2D eigenvalue weighted by Gasteiger charge is -2.36. The van der Waals surface area contributed by atoms with Crippen LogP contribution < -0.4 is 10.6 Å². The van der Waals surface area contributed by atoms with Crippen molar-refractivity contribution in [3.05, 3.63) is 76.6 Å². The number of rotatable bonds is 4. The third kappa shape index (κ3) is 3.93. The number of hydrogen-bond acceptors (Lipinski definition) is 4. The van der Waals surface area contributed by atoms with Gasteiger partial charge in [-0.2, -0.15) is 5.10 Å². The number of hydrogen-bond donors (Lipinski definition) is 1. The Morgan fingerprint density at radius 3 is 2.22 bits per heavy atom. The highest BCUT2D eigenvalue weighted by Crippen LogP contribution is 2.24. The first-order valence-corrected chi connectivity index (χ1v) is 10.2. The van der Waals surface area contributed by atoms with Crippen molar-refractivity contribution in [3.8, 4) is 5.69 Å². The topological polar surface area (TPSA) is 84.5 Å². The predicted molar refractivity (Wildman–Crippen MR) is 116 cm³/mol. The zero-order valence-electron chi connectivity index (χ0n) is 17.8. The average Bonchev–Trinajstić information content (AvgIpc) is 3.07. The van der Waals surface area contributed by atoms with E-state index in [1.165, 1.54) is 10.7 Å². The Labute approximate surface area is 184 Å². The number of piperazine rings is 1. The summed E-state index contributed by atoms with van der Waals surface area (Å²) in [6, 6.07) is 10.3. The molecule has 0 unspecified atom stereocenters. The van der Waals surface area contributed by atoms with Crippen LogP contribution in [0, 0.1) is 25.5 Å². The van der Waals surface area contributed by atoms with Crippen molar-refractivity contribution in [1.82, 2.24) is 14.7 Å². The van der Waals surface area contributed by atoms with Gasteiger partial charge in [0.1, 0.15) is 11.5 Å². The molecule has 2 aromatic carbocycles. The van der Waals surface area contributed by atoms with E-state index in [1.54, 1.807) is 30.9 Å². The van der Waals surface area contributed by atoms with Gasteiger partial charge in [0.05, 0.1) is 17.0 Å². The number of carbonyl (C=O) groups excluding carboxylic acids is 2. The molecule has 0 saturated carbocycles. The Hall–Kier alpha value is -3.75. The lowest BCUT2D eigenvalue weighted by atomic mass is 10.1. The first-order valence-electron chi connectivity index (χ1n) is 10.2. The minimum absolute atomic E-state index is 0.0928. The summed E-state index contributed by atoms with van der Waals surface area (Å²) in [4.78, 5) is 28.4. The minimum atomic E-state index is -0.745. The first kappa shape index (κ1) is 21.5. The molecule has 4 rings (SSSR count). The third-order valence-corrected chi connectivity index (χ3v) is 5.73. The van der Waals surface area contributed by atoms with E-state index in [-0.39, 0.29) is 11.6 Å². The zero-order valence-corrected chi connectivity index (χ0v) is 17.8. The fourth-order valence-corrected chi connectivity index (χ4v) is 4.00. The maximum absolute atomic E-state index is 14.3. The molecule has 1 saturated heterocycles. The van der Waals surface area contributed by atoms with Crippen LogP contribution in [0.2, 0.25) is 0 Å². The molecule has 3 aromatic rings. The Morgan fingerprint density at radius 2 is 1.62 bits per heavy atom. The van der Waals surface area contributed by atoms with Gasteiger partial charge in [0.2, 0.25) is 5.91 Å². The van der Waals surface area contributed by atoms with Crippen LogP contribution in [0.15, 0.2) is 42.5 Å². The molecule has 7 nitrogen and oxygen atoms in total. The predicted octanol–water partition coefficient (Wildman–Crippen LogP) is 2.83. The van der Waals surface area contributed by atoms with E-state index in [2.05, 4.69) is 10.00 Å². The molecule has 9 heteroatoms. The largest absolute Gasteiger partial charge is 0.368 e.